The fourth-order valence-electron chi connectivity index (χ4n) is 6.49. The molecule has 4 heteroatoms. The van der Waals surface area contributed by atoms with Gasteiger partial charge in [-0.1, -0.05) is 136 Å². The number of benzene rings is 4. The second-order valence-corrected chi connectivity index (χ2v) is 10.9. The van der Waals surface area contributed by atoms with Gasteiger partial charge in [0.2, 0.25) is 0 Å². The van der Waals surface area contributed by atoms with Gasteiger partial charge in [0, 0.05) is 27.7 Å². The van der Waals surface area contributed by atoms with Crippen molar-refractivity contribution in [3.8, 4) is 33.8 Å². The van der Waals surface area contributed by atoms with Gasteiger partial charge in [-0.3, -0.25) is 0 Å². The molecule has 0 unspecified atom stereocenters. The smallest absolute Gasteiger partial charge is 0.131 e. The third-order valence-electron chi connectivity index (χ3n) is 8.36. The molecule has 1 aliphatic rings. The van der Waals surface area contributed by atoms with Crippen molar-refractivity contribution >= 4 is 0 Å². The summed E-state index contributed by atoms with van der Waals surface area (Å²) in [4.78, 5) is 0. The van der Waals surface area contributed by atoms with Gasteiger partial charge in [-0.05, 0) is 24.0 Å². The van der Waals surface area contributed by atoms with Gasteiger partial charge >= 0.3 is 0 Å². The molecule has 0 aliphatic heterocycles. The lowest BCUT2D eigenvalue weighted by Crippen LogP contribution is -2.30. The van der Waals surface area contributed by atoms with Gasteiger partial charge in [-0.2, -0.15) is 0 Å². The first kappa shape index (κ1) is 28.9. The molecule has 0 bridgehead atoms. The average molecular weight is 551 g/mol. The van der Waals surface area contributed by atoms with Crippen molar-refractivity contribution in [1.29, 1.82) is 0 Å². The van der Waals surface area contributed by atoms with E-state index in [0.29, 0.717) is 0 Å². The Bertz CT molecular complexity index is 1260. The van der Waals surface area contributed by atoms with E-state index < -0.39 is 0 Å². The SMILES string of the molecule is OCCOc1c(-c2ccccc2)cccc1C1(c2cccc(-c3ccccc3)c2OCCO)CCCCCCCC1. The van der Waals surface area contributed by atoms with Crippen LogP contribution in [-0.2, 0) is 5.41 Å². The molecule has 0 aromatic heterocycles. The minimum atomic E-state index is -0.366. The second-order valence-electron chi connectivity index (χ2n) is 10.9. The first-order valence-corrected chi connectivity index (χ1v) is 15.1. The van der Waals surface area contributed by atoms with Crippen molar-refractivity contribution in [2.45, 2.75) is 56.8 Å². The number of hydrogen-bond donors (Lipinski definition) is 2. The highest BCUT2D eigenvalue weighted by Gasteiger charge is 2.40. The van der Waals surface area contributed by atoms with Crippen LogP contribution in [0.3, 0.4) is 0 Å². The van der Waals surface area contributed by atoms with E-state index in [9.17, 15) is 10.2 Å². The Kier molecular flexibility index (Phi) is 10.1. The minimum absolute atomic E-state index is 0.0517. The molecule has 0 radical (unpaired) electrons. The number of aliphatic hydroxyl groups is 2. The van der Waals surface area contributed by atoms with E-state index in [-0.39, 0.29) is 31.8 Å². The van der Waals surface area contributed by atoms with Crippen LogP contribution in [0.1, 0.15) is 62.5 Å². The molecule has 5 rings (SSSR count). The molecule has 1 aliphatic carbocycles. The lowest BCUT2D eigenvalue weighted by Gasteiger charge is -2.38. The van der Waals surface area contributed by atoms with Crippen molar-refractivity contribution in [3.05, 3.63) is 108 Å². The third kappa shape index (κ3) is 6.50. The normalized spacial score (nSPS) is 15.4. The van der Waals surface area contributed by atoms with Gasteiger partial charge in [0.25, 0.3) is 0 Å². The second kappa shape index (κ2) is 14.3. The molecule has 0 spiro atoms. The van der Waals surface area contributed by atoms with Crippen molar-refractivity contribution in [1.82, 2.24) is 0 Å². The van der Waals surface area contributed by atoms with Gasteiger partial charge < -0.3 is 19.7 Å². The van der Waals surface area contributed by atoms with Gasteiger partial charge in [-0.25, -0.2) is 0 Å². The van der Waals surface area contributed by atoms with E-state index in [1.165, 1.54) is 25.7 Å². The topological polar surface area (TPSA) is 58.9 Å². The van der Waals surface area contributed by atoms with Crippen LogP contribution in [0, 0.1) is 0 Å². The van der Waals surface area contributed by atoms with Gasteiger partial charge in [0.05, 0.1) is 13.2 Å². The first-order valence-electron chi connectivity index (χ1n) is 15.1. The van der Waals surface area contributed by atoms with Crippen molar-refractivity contribution in [3.63, 3.8) is 0 Å². The zero-order valence-corrected chi connectivity index (χ0v) is 23.9. The summed E-state index contributed by atoms with van der Waals surface area (Å²) in [5.74, 6) is 1.68. The lowest BCUT2D eigenvalue weighted by atomic mass is 9.66. The predicted molar refractivity (Wildman–Crippen MR) is 167 cm³/mol. The van der Waals surface area contributed by atoms with E-state index in [4.69, 9.17) is 9.47 Å². The molecule has 0 amide bonds. The molecule has 0 heterocycles. The fraction of sp³-hybridized carbons (Fsp3) is 0.351. The summed E-state index contributed by atoms with van der Waals surface area (Å²) in [5.41, 5.74) is 6.18. The Hall–Kier alpha value is -3.60. The molecule has 214 valence electrons. The summed E-state index contributed by atoms with van der Waals surface area (Å²) < 4.78 is 13.0. The van der Waals surface area contributed by atoms with E-state index in [1.807, 2.05) is 12.1 Å². The average Bonchev–Trinajstić information content (AvgIpc) is 3.16. The van der Waals surface area contributed by atoms with E-state index >= 15 is 0 Å². The Balaban J connectivity index is 1.79. The zero-order chi connectivity index (χ0) is 28.3. The highest BCUT2D eigenvalue weighted by molar-refractivity contribution is 5.77. The minimum Gasteiger partial charge on any atom is -0.490 e. The van der Waals surface area contributed by atoms with Crippen LogP contribution in [0.25, 0.3) is 22.3 Å². The number of ether oxygens (including phenoxy) is 2. The highest BCUT2D eigenvalue weighted by atomic mass is 16.5. The molecular weight excluding hydrogens is 508 g/mol. The number of hydrogen-bond acceptors (Lipinski definition) is 4. The van der Waals surface area contributed by atoms with Crippen molar-refractivity contribution in [2.75, 3.05) is 26.4 Å². The zero-order valence-electron chi connectivity index (χ0n) is 23.9. The summed E-state index contributed by atoms with van der Waals surface area (Å²) >= 11 is 0. The summed E-state index contributed by atoms with van der Waals surface area (Å²) in [5, 5.41) is 19.7. The van der Waals surface area contributed by atoms with Crippen LogP contribution in [-0.4, -0.2) is 36.6 Å². The summed E-state index contributed by atoms with van der Waals surface area (Å²) in [6.45, 7) is 0.351. The molecule has 2 N–H and O–H groups in total. The number of aliphatic hydroxyl groups excluding tert-OH is 2. The van der Waals surface area contributed by atoms with Gasteiger partial charge in [-0.15, -0.1) is 0 Å². The molecule has 4 aromatic carbocycles. The van der Waals surface area contributed by atoms with Crippen LogP contribution in [0.2, 0.25) is 0 Å². The Morgan fingerprint density at radius 3 is 1.32 bits per heavy atom. The number of para-hydroxylation sites is 2. The Morgan fingerprint density at radius 1 is 0.488 bits per heavy atom. The maximum atomic E-state index is 9.83. The van der Waals surface area contributed by atoms with E-state index in [1.54, 1.807) is 0 Å². The summed E-state index contributed by atoms with van der Waals surface area (Å²) in [6.07, 6.45) is 9.03. The monoisotopic (exact) mass is 550 g/mol. The molecule has 0 saturated heterocycles. The Morgan fingerprint density at radius 2 is 0.902 bits per heavy atom. The summed E-state index contributed by atoms with van der Waals surface area (Å²) in [6, 6.07) is 33.7. The number of rotatable bonds is 10. The Labute approximate surface area is 244 Å². The van der Waals surface area contributed by atoms with Crippen LogP contribution in [0.15, 0.2) is 97.1 Å². The van der Waals surface area contributed by atoms with Crippen LogP contribution < -0.4 is 9.47 Å². The van der Waals surface area contributed by atoms with Crippen molar-refractivity contribution < 1.29 is 19.7 Å². The molecular formula is C37H42O4. The first-order chi connectivity index (χ1) is 20.3. The van der Waals surface area contributed by atoms with Crippen LogP contribution in [0.4, 0.5) is 0 Å². The van der Waals surface area contributed by atoms with Crippen LogP contribution in [0.5, 0.6) is 11.5 Å². The molecule has 0 atom stereocenters. The highest BCUT2D eigenvalue weighted by Crippen LogP contribution is 2.53. The standard InChI is InChI=1S/C37H42O4/c38-25-27-40-35-31(29-15-7-5-8-16-29)19-13-21-33(35)37(23-11-3-1-2-4-12-24-37)34-22-14-20-32(36(34)41-28-26-39)30-17-9-6-10-18-30/h5-10,13-22,38-39H,1-4,11-12,23-28H2. The predicted octanol–water partition coefficient (Wildman–Crippen LogP) is 8.18. The van der Waals surface area contributed by atoms with E-state index in [2.05, 4.69) is 84.9 Å². The van der Waals surface area contributed by atoms with Crippen LogP contribution >= 0.6 is 0 Å². The largest absolute Gasteiger partial charge is 0.490 e. The third-order valence-corrected chi connectivity index (χ3v) is 8.36. The maximum Gasteiger partial charge on any atom is 0.131 e. The van der Waals surface area contributed by atoms with Gasteiger partial charge in [0.1, 0.15) is 24.7 Å². The summed E-state index contributed by atoms with van der Waals surface area (Å²) in [7, 11) is 0. The molecule has 41 heavy (non-hydrogen) atoms. The van der Waals surface area contributed by atoms with Gasteiger partial charge in [0.15, 0.2) is 0 Å². The lowest BCUT2D eigenvalue weighted by molar-refractivity contribution is 0.195. The van der Waals surface area contributed by atoms with Crippen molar-refractivity contribution in [2.24, 2.45) is 0 Å². The molecule has 4 nitrogen and oxygen atoms in total. The maximum absolute atomic E-state index is 9.83. The molecule has 1 saturated carbocycles. The fourth-order valence-corrected chi connectivity index (χ4v) is 6.49. The van der Waals surface area contributed by atoms with E-state index in [0.717, 1.165) is 70.6 Å². The quantitative estimate of drug-likeness (QED) is 0.209. The molecule has 1 fully saturated rings. The molecule has 4 aromatic rings.